The van der Waals surface area contributed by atoms with E-state index in [0.29, 0.717) is 63.1 Å². The van der Waals surface area contributed by atoms with Crippen molar-refractivity contribution in [3.63, 3.8) is 0 Å². The zero-order valence-corrected chi connectivity index (χ0v) is 22.7. The second-order valence-electron chi connectivity index (χ2n) is 9.48. The van der Waals surface area contributed by atoms with E-state index < -0.39 is 0 Å². The number of amides is 2. The highest BCUT2D eigenvalue weighted by molar-refractivity contribution is 6.06. The van der Waals surface area contributed by atoms with Crippen LogP contribution in [0.15, 0.2) is 72.8 Å². The maximum atomic E-state index is 13.1. The molecule has 1 heterocycles. The van der Waals surface area contributed by atoms with Gasteiger partial charge in [-0.25, -0.2) is 0 Å². The fourth-order valence-electron chi connectivity index (χ4n) is 4.40. The maximum Gasteiger partial charge on any atom is 0.255 e. The monoisotopic (exact) mass is 531 g/mol. The Morgan fingerprint density at radius 1 is 0.923 bits per heavy atom. The predicted octanol–water partition coefficient (Wildman–Crippen LogP) is 4.82. The number of hydrogen-bond acceptors (Lipinski definition) is 6. The van der Waals surface area contributed by atoms with Gasteiger partial charge in [-0.2, -0.15) is 0 Å². The minimum atomic E-state index is -0.329. The number of hydrogen-bond donors (Lipinski definition) is 2. The van der Waals surface area contributed by atoms with Crippen LogP contribution in [0.5, 0.6) is 0 Å². The Hall–Kier alpha value is -3.56. The lowest BCUT2D eigenvalue weighted by atomic mass is 10.1. The first kappa shape index (κ1) is 28.4. The molecule has 2 amide bonds. The van der Waals surface area contributed by atoms with Crippen molar-refractivity contribution in [1.29, 1.82) is 0 Å². The third-order valence-corrected chi connectivity index (χ3v) is 6.75. The quantitative estimate of drug-likeness (QED) is 0.326. The largest absolute Gasteiger partial charge is 0.385 e. The molecule has 0 radical (unpaired) electrons. The third-order valence-electron chi connectivity index (χ3n) is 6.75. The first-order valence-corrected chi connectivity index (χ1v) is 13.3. The summed E-state index contributed by atoms with van der Waals surface area (Å²) in [6, 6.07) is 22.8. The molecule has 1 aliphatic rings. The van der Waals surface area contributed by atoms with Crippen molar-refractivity contribution in [3.05, 3.63) is 83.9 Å². The molecule has 1 fully saturated rings. The van der Waals surface area contributed by atoms with Crippen molar-refractivity contribution < 1.29 is 23.8 Å². The molecule has 206 valence electrons. The molecule has 1 saturated heterocycles. The van der Waals surface area contributed by atoms with Gasteiger partial charge in [-0.1, -0.05) is 48.5 Å². The lowest BCUT2D eigenvalue weighted by Crippen LogP contribution is -2.47. The van der Waals surface area contributed by atoms with E-state index in [0.717, 1.165) is 23.1 Å². The van der Waals surface area contributed by atoms with Gasteiger partial charge in [-0.05, 0) is 48.7 Å². The standard InChI is InChI=1S/C31H37N3O5/c1-23(34-15-19-38-20-16-34)30(35)33-29-21-26(9-10-27(29)22-39-18-6-17-37-2)31(36)32-28-13-11-25(12-14-28)24-7-4-3-5-8-24/h3-5,7-14,21,23H,6,15-20,22H2,1-2H3,(H,32,36)(H,33,35)/t23-/m1/s1. The number of nitrogens with one attached hydrogen (secondary N) is 2. The van der Waals surface area contributed by atoms with E-state index in [4.69, 9.17) is 14.2 Å². The van der Waals surface area contributed by atoms with Gasteiger partial charge in [-0.15, -0.1) is 0 Å². The molecule has 2 N–H and O–H groups in total. The molecule has 0 unspecified atom stereocenters. The normalized spacial score (nSPS) is 14.5. The second kappa shape index (κ2) is 14.6. The van der Waals surface area contributed by atoms with Gasteiger partial charge in [0.15, 0.2) is 0 Å². The smallest absolute Gasteiger partial charge is 0.255 e. The molecule has 1 atom stereocenters. The number of benzene rings is 3. The van der Waals surface area contributed by atoms with E-state index in [2.05, 4.69) is 15.5 Å². The highest BCUT2D eigenvalue weighted by atomic mass is 16.5. The summed E-state index contributed by atoms with van der Waals surface area (Å²) in [6.45, 7) is 5.98. The summed E-state index contributed by atoms with van der Waals surface area (Å²) in [5, 5.41) is 6.00. The Labute approximate surface area is 230 Å². The average Bonchev–Trinajstić information content (AvgIpc) is 2.98. The van der Waals surface area contributed by atoms with Crippen LogP contribution in [0, 0.1) is 0 Å². The summed E-state index contributed by atoms with van der Waals surface area (Å²) in [7, 11) is 1.66. The fourth-order valence-corrected chi connectivity index (χ4v) is 4.40. The molecule has 0 aromatic heterocycles. The van der Waals surface area contributed by atoms with E-state index in [1.807, 2.05) is 67.6 Å². The molecule has 1 aliphatic heterocycles. The zero-order valence-electron chi connectivity index (χ0n) is 22.7. The van der Waals surface area contributed by atoms with Gasteiger partial charge in [0.1, 0.15) is 0 Å². The Balaban J connectivity index is 1.46. The Morgan fingerprint density at radius 3 is 2.36 bits per heavy atom. The Morgan fingerprint density at radius 2 is 1.64 bits per heavy atom. The number of ether oxygens (including phenoxy) is 3. The summed E-state index contributed by atoms with van der Waals surface area (Å²) in [5.74, 6) is -0.390. The van der Waals surface area contributed by atoms with E-state index in [1.165, 1.54) is 0 Å². The number of carbonyl (C=O) groups is 2. The first-order valence-electron chi connectivity index (χ1n) is 13.3. The molecule has 0 aliphatic carbocycles. The van der Waals surface area contributed by atoms with Crippen molar-refractivity contribution >= 4 is 23.2 Å². The highest BCUT2D eigenvalue weighted by Crippen LogP contribution is 2.23. The van der Waals surface area contributed by atoms with E-state index in [1.54, 1.807) is 19.2 Å². The highest BCUT2D eigenvalue weighted by Gasteiger charge is 2.24. The lowest BCUT2D eigenvalue weighted by Gasteiger charge is -2.31. The van der Waals surface area contributed by atoms with Crippen LogP contribution in [-0.2, 0) is 25.6 Å². The van der Waals surface area contributed by atoms with Crippen molar-refractivity contribution in [3.8, 4) is 11.1 Å². The molecule has 8 nitrogen and oxygen atoms in total. The van der Waals surface area contributed by atoms with Crippen LogP contribution in [-0.4, -0.2) is 69.4 Å². The van der Waals surface area contributed by atoms with Gasteiger partial charge >= 0.3 is 0 Å². The van der Waals surface area contributed by atoms with E-state index in [9.17, 15) is 9.59 Å². The number of carbonyl (C=O) groups excluding carboxylic acids is 2. The number of nitrogens with zero attached hydrogens (tertiary/aromatic N) is 1. The number of anilines is 2. The van der Waals surface area contributed by atoms with E-state index >= 15 is 0 Å². The molecule has 4 rings (SSSR count). The molecule has 0 bridgehead atoms. The second-order valence-corrected chi connectivity index (χ2v) is 9.48. The van der Waals surface area contributed by atoms with E-state index in [-0.39, 0.29) is 17.9 Å². The summed E-state index contributed by atoms with van der Waals surface area (Å²) in [5.41, 5.74) is 4.69. The molecule has 3 aromatic carbocycles. The number of morpholine rings is 1. The topological polar surface area (TPSA) is 89.1 Å². The van der Waals surface area contributed by atoms with Gasteiger partial charge in [0.25, 0.3) is 5.91 Å². The minimum Gasteiger partial charge on any atom is -0.385 e. The number of rotatable bonds is 12. The van der Waals surface area contributed by atoms with Crippen LogP contribution in [0.1, 0.15) is 29.3 Å². The third kappa shape index (κ3) is 8.21. The van der Waals surface area contributed by atoms with Gasteiger partial charge in [-0.3, -0.25) is 14.5 Å². The Kier molecular flexibility index (Phi) is 10.6. The number of methoxy groups -OCH3 is 1. The van der Waals surface area contributed by atoms with Crippen molar-refractivity contribution in [2.24, 2.45) is 0 Å². The molecule has 0 spiro atoms. The SMILES string of the molecule is COCCCOCc1ccc(C(=O)Nc2ccc(-c3ccccc3)cc2)cc1NC(=O)[C@@H](C)N1CCOCC1. The lowest BCUT2D eigenvalue weighted by molar-refractivity contribution is -0.122. The van der Waals surface area contributed by atoms with Gasteiger partial charge in [0.2, 0.25) is 5.91 Å². The predicted molar refractivity (Wildman–Crippen MR) is 153 cm³/mol. The van der Waals surface area contributed by atoms with Gasteiger partial charge < -0.3 is 24.8 Å². The first-order chi connectivity index (χ1) is 19.0. The van der Waals surface area contributed by atoms with Crippen LogP contribution in [0.4, 0.5) is 11.4 Å². The molecular weight excluding hydrogens is 494 g/mol. The van der Waals surface area contributed by atoms with Gasteiger partial charge in [0.05, 0.1) is 25.9 Å². The average molecular weight is 532 g/mol. The molecule has 0 saturated carbocycles. The minimum absolute atomic E-state index is 0.133. The van der Waals surface area contributed by atoms with Crippen LogP contribution < -0.4 is 10.6 Å². The summed E-state index contributed by atoms with van der Waals surface area (Å²) in [6.07, 6.45) is 0.774. The summed E-state index contributed by atoms with van der Waals surface area (Å²) < 4.78 is 16.3. The van der Waals surface area contributed by atoms with Crippen LogP contribution in [0.25, 0.3) is 11.1 Å². The van der Waals surface area contributed by atoms with Crippen molar-refractivity contribution in [2.45, 2.75) is 26.0 Å². The summed E-state index contributed by atoms with van der Waals surface area (Å²) in [4.78, 5) is 28.4. The molecule has 39 heavy (non-hydrogen) atoms. The fraction of sp³-hybridized carbons (Fsp3) is 0.355. The molecule has 3 aromatic rings. The Bertz CT molecular complexity index is 1210. The van der Waals surface area contributed by atoms with Crippen LogP contribution in [0.2, 0.25) is 0 Å². The van der Waals surface area contributed by atoms with Gasteiger partial charge in [0, 0.05) is 55.9 Å². The maximum absolute atomic E-state index is 13.1. The zero-order chi connectivity index (χ0) is 27.5. The molecule has 8 heteroatoms. The summed E-state index contributed by atoms with van der Waals surface area (Å²) >= 11 is 0. The van der Waals surface area contributed by atoms with Crippen molar-refractivity contribution in [1.82, 2.24) is 4.90 Å². The van der Waals surface area contributed by atoms with Crippen molar-refractivity contribution in [2.75, 3.05) is 57.3 Å². The van der Waals surface area contributed by atoms with Crippen LogP contribution in [0.3, 0.4) is 0 Å². The molecular formula is C31H37N3O5. The van der Waals surface area contributed by atoms with Crippen LogP contribution >= 0.6 is 0 Å².